The van der Waals surface area contributed by atoms with Crippen LogP contribution in [0.25, 0.3) is 0 Å². The predicted molar refractivity (Wildman–Crippen MR) is 75.2 cm³/mol. The minimum atomic E-state index is 0.629. The molecule has 0 aliphatic carbocycles. The van der Waals surface area contributed by atoms with Crippen LogP contribution in [0.4, 0.5) is 0 Å². The van der Waals surface area contributed by atoms with Crippen LogP contribution in [0.3, 0.4) is 0 Å². The Labute approximate surface area is 117 Å². The number of nitrogens with zero attached hydrogens (tertiary/aromatic N) is 2. The Bertz CT molecular complexity index is 490. The van der Waals surface area contributed by atoms with Crippen LogP contribution in [-0.4, -0.2) is 16.5 Å². The highest BCUT2D eigenvalue weighted by molar-refractivity contribution is 9.10. The Kier molecular flexibility index (Phi) is 4.94. The van der Waals surface area contributed by atoms with E-state index in [1.807, 2.05) is 24.5 Å². The van der Waals surface area contributed by atoms with Gasteiger partial charge in [0.1, 0.15) is 0 Å². The molecule has 0 radical (unpaired) electrons. The minimum absolute atomic E-state index is 0.629. The van der Waals surface area contributed by atoms with Crippen molar-refractivity contribution in [1.82, 2.24) is 10.2 Å². The zero-order valence-electron chi connectivity index (χ0n) is 9.22. The summed E-state index contributed by atoms with van der Waals surface area (Å²) in [5.41, 5.74) is 1.22. The van der Waals surface area contributed by atoms with Crippen molar-refractivity contribution in [3.05, 3.63) is 40.2 Å². The third-order valence-corrected chi connectivity index (χ3v) is 4.20. The molecular formula is C11H11BrN2OS2. The van der Waals surface area contributed by atoms with Crippen LogP contribution in [0, 0.1) is 0 Å². The van der Waals surface area contributed by atoms with E-state index in [2.05, 4.69) is 32.2 Å². The Morgan fingerprint density at radius 3 is 2.82 bits per heavy atom. The molecule has 0 aliphatic rings. The number of aromatic nitrogens is 2. The molecule has 0 saturated heterocycles. The van der Waals surface area contributed by atoms with E-state index in [9.17, 15) is 0 Å². The lowest BCUT2D eigenvalue weighted by Crippen LogP contribution is -1.82. The lowest BCUT2D eigenvalue weighted by Gasteiger charge is -2.00. The number of hydrogen-bond acceptors (Lipinski definition) is 5. The van der Waals surface area contributed by atoms with Crippen molar-refractivity contribution in [2.24, 2.45) is 0 Å². The molecule has 2 aromatic rings. The second-order valence-electron chi connectivity index (χ2n) is 3.27. The third kappa shape index (κ3) is 3.76. The number of thioether (sulfide) groups is 2. The molecule has 1 heterocycles. The predicted octanol–water partition coefficient (Wildman–Crippen LogP) is 3.99. The minimum Gasteiger partial charge on any atom is -0.415 e. The summed E-state index contributed by atoms with van der Waals surface area (Å²) in [6.45, 7) is 0. The van der Waals surface area contributed by atoms with Crippen LogP contribution in [0.5, 0.6) is 0 Å². The summed E-state index contributed by atoms with van der Waals surface area (Å²) in [5, 5.41) is 8.60. The maximum Gasteiger partial charge on any atom is 0.276 e. The van der Waals surface area contributed by atoms with Gasteiger partial charge >= 0.3 is 0 Å². The van der Waals surface area contributed by atoms with Gasteiger partial charge in [0.15, 0.2) is 0 Å². The lowest BCUT2D eigenvalue weighted by molar-refractivity contribution is 0.426. The van der Waals surface area contributed by atoms with Gasteiger partial charge in [0.05, 0.1) is 5.75 Å². The van der Waals surface area contributed by atoms with E-state index in [0.717, 1.165) is 16.0 Å². The summed E-state index contributed by atoms with van der Waals surface area (Å²) in [6, 6.07) is 8.13. The van der Waals surface area contributed by atoms with E-state index in [-0.39, 0.29) is 0 Å². The van der Waals surface area contributed by atoms with Crippen LogP contribution >= 0.6 is 39.5 Å². The first kappa shape index (κ1) is 13.0. The van der Waals surface area contributed by atoms with Gasteiger partial charge in [-0.05, 0) is 17.9 Å². The molecule has 1 aromatic carbocycles. The maximum absolute atomic E-state index is 5.49. The molecule has 0 aliphatic heterocycles. The van der Waals surface area contributed by atoms with Crippen LogP contribution in [0.15, 0.2) is 38.4 Å². The van der Waals surface area contributed by atoms with E-state index in [1.165, 1.54) is 5.56 Å². The molecule has 1 aromatic heterocycles. The number of hydrogen-bond donors (Lipinski definition) is 0. The van der Waals surface area contributed by atoms with Gasteiger partial charge in [0, 0.05) is 10.2 Å². The summed E-state index contributed by atoms with van der Waals surface area (Å²) >= 11 is 6.74. The molecule has 0 unspecified atom stereocenters. The van der Waals surface area contributed by atoms with E-state index < -0.39 is 0 Å². The molecule has 0 atom stereocenters. The van der Waals surface area contributed by atoms with Crippen LogP contribution < -0.4 is 0 Å². The van der Waals surface area contributed by atoms with Crippen molar-refractivity contribution in [3.8, 4) is 0 Å². The van der Waals surface area contributed by atoms with Crippen molar-refractivity contribution in [3.63, 3.8) is 0 Å². The highest BCUT2D eigenvalue weighted by Crippen LogP contribution is 2.26. The van der Waals surface area contributed by atoms with Crippen LogP contribution in [-0.2, 0) is 11.5 Å². The molecule has 0 saturated carbocycles. The fraction of sp³-hybridized carbons (Fsp3) is 0.273. The van der Waals surface area contributed by atoms with Gasteiger partial charge in [0.25, 0.3) is 5.22 Å². The van der Waals surface area contributed by atoms with Gasteiger partial charge in [0.2, 0.25) is 5.89 Å². The molecule has 0 bridgehead atoms. The van der Waals surface area contributed by atoms with Crippen molar-refractivity contribution < 1.29 is 4.42 Å². The second kappa shape index (κ2) is 6.47. The maximum atomic E-state index is 5.49. The first-order chi connectivity index (χ1) is 8.29. The highest BCUT2D eigenvalue weighted by atomic mass is 79.9. The number of benzene rings is 1. The van der Waals surface area contributed by atoms with E-state index in [1.54, 1.807) is 23.5 Å². The average molecular weight is 331 g/mol. The molecule has 6 heteroatoms. The zero-order chi connectivity index (χ0) is 12.1. The van der Waals surface area contributed by atoms with Gasteiger partial charge in [-0.1, -0.05) is 45.9 Å². The molecule has 0 N–H and O–H groups in total. The summed E-state index contributed by atoms with van der Waals surface area (Å²) in [4.78, 5) is 0. The summed E-state index contributed by atoms with van der Waals surface area (Å²) in [6.07, 6.45) is 2.01. The summed E-state index contributed by atoms with van der Waals surface area (Å²) < 4.78 is 6.60. The standard InChI is InChI=1S/C11H11BrN2OS2/c1-16-7-10-13-14-11(15-10)17-6-8-4-2-3-5-9(8)12/h2-5H,6-7H2,1H3. The largest absolute Gasteiger partial charge is 0.415 e. The Morgan fingerprint density at radius 2 is 2.06 bits per heavy atom. The highest BCUT2D eigenvalue weighted by Gasteiger charge is 2.07. The SMILES string of the molecule is CSCc1nnc(SCc2ccccc2Br)o1. The summed E-state index contributed by atoms with van der Waals surface area (Å²) in [5.74, 6) is 2.28. The van der Waals surface area contributed by atoms with E-state index in [0.29, 0.717) is 11.1 Å². The smallest absolute Gasteiger partial charge is 0.276 e. The molecule has 0 spiro atoms. The van der Waals surface area contributed by atoms with Crippen molar-refractivity contribution >= 4 is 39.5 Å². The topological polar surface area (TPSA) is 38.9 Å². The Balaban J connectivity index is 1.95. The van der Waals surface area contributed by atoms with Crippen molar-refractivity contribution in [2.75, 3.05) is 6.26 Å². The van der Waals surface area contributed by atoms with Gasteiger partial charge in [-0.15, -0.1) is 10.2 Å². The second-order valence-corrected chi connectivity index (χ2v) is 5.92. The first-order valence-electron chi connectivity index (χ1n) is 4.97. The summed E-state index contributed by atoms with van der Waals surface area (Å²) in [7, 11) is 0. The molecule has 2 rings (SSSR count). The van der Waals surface area contributed by atoms with Crippen molar-refractivity contribution in [2.45, 2.75) is 16.7 Å². The lowest BCUT2D eigenvalue weighted by atomic mass is 10.2. The zero-order valence-corrected chi connectivity index (χ0v) is 12.4. The average Bonchev–Trinajstić information content (AvgIpc) is 2.76. The monoisotopic (exact) mass is 330 g/mol. The first-order valence-corrected chi connectivity index (χ1v) is 8.14. The van der Waals surface area contributed by atoms with Gasteiger partial charge < -0.3 is 4.42 Å². The number of rotatable bonds is 5. The van der Waals surface area contributed by atoms with Crippen LogP contribution in [0.1, 0.15) is 11.5 Å². The fourth-order valence-electron chi connectivity index (χ4n) is 1.23. The molecule has 0 amide bonds. The van der Waals surface area contributed by atoms with Crippen LogP contribution in [0.2, 0.25) is 0 Å². The van der Waals surface area contributed by atoms with Gasteiger partial charge in [-0.25, -0.2) is 0 Å². The van der Waals surface area contributed by atoms with Crippen molar-refractivity contribution in [1.29, 1.82) is 0 Å². The number of halogens is 1. The fourth-order valence-corrected chi connectivity index (χ4v) is 2.99. The normalized spacial score (nSPS) is 10.7. The molecule has 17 heavy (non-hydrogen) atoms. The molecule has 0 fully saturated rings. The third-order valence-electron chi connectivity index (χ3n) is 2.03. The Morgan fingerprint density at radius 1 is 1.24 bits per heavy atom. The molecule has 3 nitrogen and oxygen atoms in total. The van der Waals surface area contributed by atoms with E-state index >= 15 is 0 Å². The van der Waals surface area contributed by atoms with E-state index in [4.69, 9.17) is 4.42 Å². The van der Waals surface area contributed by atoms with Gasteiger partial charge in [-0.2, -0.15) is 11.8 Å². The Hall–Kier alpha value is -0.460. The quantitative estimate of drug-likeness (QED) is 0.775. The van der Waals surface area contributed by atoms with Gasteiger partial charge in [-0.3, -0.25) is 0 Å². The molecule has 90 valence electrons. The molecular weight excluding hydrogens is 320 g/mol.